The maximum absolute atomic E-state index is 5.54. The molecule has 2 rings (SSSR count). The standard InChI is InChI=1S/C15H30N2O/c1-4-15(3)5-8-17(9-6-15)13(2)11-14-12-18-10-7-16-14/h13-14,16H,4-12H2,1-3H3. The first-order valence-corrected chi connectivity index (χ1v) is 7.68. The Labute approximate surface area is 112 Å². The van der Waals surface area contributed by atoms with Gasteiger partial charge in [0.2, 0.25) is 0 Å². The average Bonchev–Trinajstić information content (AvgIpc) is 2.40. The van der Waals surface area contributed by atoms with Gasteiger partial charge in [0.15, 0.2) is 0 Å². The minimum atomic E-state index is 0.563. The van der Waals surface area contributed by atoms with Crippen molar-refractivity contribution in [1.29, 1.82) is 0 Å². The summed E-state index contributed by atoms with van der Waals surface area (Å²) in [5, 5.41) is 3.56. The second kappa shape index (κ2) is 6.36. The van der Waals surface area contributed by atoms with Crippen LogP contribution in [0, 0.1) is 5.41 Å². The van der Waals surface area contributed by atoms with Crippen molar-refractivity contribution in [3.8, 4) is 0 Å². The number of likely N-dealkylation sites (tertiary alicyclic amines) is 1. The number of rotatable bonds is 4. The van der Waals surface area contributed by atoms with E-state index >= 15 is 0 Å². The van der Waals surface area contributed by atoms with Gasteiger partial charge in [-0.15, -0.1) is 0 Å². The molecule has 1 N–H and O–H groups in total. The monoisotopic (exact) mass is 254 g/mol. The zero-order valence-electron chi connectivity index (χ0n) is 12.4. The molecule has 0 aromatic rings. The van der Waals surface area contributed by atoms with Crippen molar-refractivity contribution in [3.05, 3.63) is 0 Å². The van der Waals surface area contributed by atoms with Crippen LogP contribution in [0.4, 0.5) is 0 Å². The lowest BCUT2D eigenvalue weighted by Gasteiger charge is -2.42. The third-order valence-electron chi connectivity index (χ3n) is 5.11. The fourth-order valence-electron chi connectivity index (χ4n) is 3.19. The number of hydrogen-bond donors (Lipinski definition) is 1. The van der Waals surface area contributed by atoms with Crippen LogP contribution in [0.25, 0.3) is 0 Å². The van der Waals surface area contributed by atoms with Crippen LogP contribution in [0.1, 0.15) is 46.5 Å². The Hall–Kier alpha value is -0.120. The van der Waals surface area contributed by atoms with Gasteiger partial charge < -0.3 is 15.0 Å². The van der Waals surface area contributed by atoms with Crippen molar-refractivity contribution < 1.29 is 4.74 Å². The van der Waals surface area contributed by atoms with Gasteiger partial charge >= 0.3 is 0 Å². The molecule has 2 atom stereocenters. The topological polar surface area (TPSA) is 24.5 Å². The Morgan fingerprint density at radius 3 is 2.67 bits per heavy atom. The number of nitrogens with one attached hydrogen (secondary N) is 1. The Kier molecular flexibility index (Phi) is 5.05. The molecule has 0 aromatic heterocycles. The molecule has 0 bridgehead atoms. The minimum Gasteiger partial charge on any atom is -0.379 e. The molecule has 3 heteroatoms. The van der Waals surface area contributed by atoms with E-state index in [-0.39, 0.29) is 0 Å². The first kappa shape index (κ1) is 14.3. The molecule has 2 heterocycles. The third-order valence-corrected chi connectivity index (χ3v) is 5.11. The number of piperidine rings is 1. The van der Waals surface area contributed by atoms with Gasteiger partial charge in [0.1, 0.15) is 0 Å². The molecule has 2 saturated heterocycles. The summed E-state index contributed by atoms with van der Waals surface area (Å²) in [5.41, 5.74) is 0.600. The normalized spacial score (nSPS) is 31.2. The lowest BCUT2D eigenvalue weighted by molar-refractivity contribution is 0.0460. The van der Waals surface area contributed by atoms with E-state index < -0.39 is 0 Å². The molecule has 0 aliphatic carbocycles. The number of nitrogens with zero attached hydrogens (tertiary/aromatic N) is 1. The first-order valence-electron chi connectivity index (χ1n) is 7.68. The van der Waals surface area contributed by atoms with Crippen molar-refractivity contribution >= 4 is 0 Å². The molecule has 2 aliphatic rings. The van der Waals surface area contributed by atoms with Crippen molar-refractivity contribution in [3.63, 3.8) is 0 Å². The summed E-state index contributed by atoms with van der Waals surface area (Å²) in [4.78, 5) is 2.67. The van der Waals surface area contributed by atoms with E-state index in [1.54, 1.807) is 0 Å². The summed E-state index contributed by atoms with van der Waals surface area (Å²) in [7, 11) is 0. The molecule has 106 valence electrons. The smallest absolute Gasteiger partial charge is 0.0620 e. The fourth-order valence-corrected chi connectivity index (χ4v) is 3.19. The van der Waals surface area contributed by atoms with Gasteiger partial charge in [-0.2, -0.15) is 0 Å². The second-order valence-electron chi connectivity index (χ2n) is 6.51. The van der Waals surface area contributed by atoms with Gasteiger partial charge in [-0.05, 0) is 44.7 Å². The average molecular weight is 254 g/mol. The van der Waals surface area contributed by atoms with Gasteiger partial charge in [-0.3, -0.25) is 0 Å². The molecule has 0 radical (unpaired) electrons. The Morgan fingerprint density at radius 2 is 2.11 bits per heavy atom. The van der Waals surface area contributed by atoms with E-state index in [0.717, 1.165) is 19.8 Å². The fraction of sp³-hybridized carbons (Fsp3) is 1.00. The highest BCUT2D eigenvalue weighted by Crippen LogP contribution is 2.34. The van der Waals surface area contributed by atoms with Crippen molar-refractivity contribution in [1.82, 2.24) is 10.2 Å². The maximum atomic E-state index is 5.54. The van der Waals surface area contributed by atoms with E-state index in [2.05, 4.69) is 31.0 Å². The number of morpholine rings is 1. The quantitative estimate of drug-likeness (QED) is 0.833. The summed E-state index contributed by atoms with van der Waals surface area (Å²) in [6.45, 7) is 12.5. The Bertz CT molecular complexity index is 243. The molecule has 0 amide bonds. The summed E-state index contributed by atoms with van der Waals surface area (Å²) in [6.07, 6.45) is 5.28. The minimum absolute atomic E-state index is 0.563. The largest absolute Gasteiger partial charge is 0.379 e. The summed E-state index contributed by atoms with van der Waals surface area (Å²) in [5.74, 6) is 0. The molecule has 2 fully saturated rings. The van der Waals surface area contributed by atoms with Gasteiger partial charge in [0, 0.05) is 18.6 Å². The van der Waals surface area contributed by atoms with E-state index in [1.165, 1.54) is 38.8 Å². The van der Waals surface area contributed by atoms with Gasteiger partial charge in [0.05, 0.1) is 13.2 Å². The van der Waals surface area contributed by atoms with Crippen LogP contribution in [0.2, 0.25) is 0 Å². The van der Waals surface area contributed by atoms with Crippen LogP contribution in [0.15, 0.2) is 0 Å². The lowest BCUT2D eigenvalue weighted by atomic mass is 9.78. The van der Waals surface area contributed by atoms with Crippen LogP contribution in [0.5, 0.6) is 0 Å². The molecule has 2 aliphatic heterocycles. The van der Waals surface area contributed by atoms with Crippen molar-refractivity contribution in [2.45, 2.75) is 58.5 Å². The van der Waals surface area contributed by atoms with Gasteiger partial charge in [0.25, 0.3) is 0 Å². The zero-order valence-corrected chi connectivity index (χ0v) is 12.4. The van der Waals surface area contributed by atoms with Gasteiger partial charge in [-0.25, -0.2) is 0 Å². The molecule has 0 spiro atoms. The predicted molar refractivity (Wildman–Crippen MR) is 75.9 cm³/mol. The van der Waals surface area contributed by atoms with Crippen LogP contribution < -0.4 is 5.32 Å². The second-order valence-corrected chi connectivity index (χ2v) is 6.51. The molecular formula is C15H30N2O. The molecule has 2 unspecified atom stereocenters. The summed E-state index contributed by atoms with van der Waals surface area (Å²) >= 11 is 0. The molecule has 18 heavy (non-hydrogen) atoms. The van der Waals surface area contributed by atoms with Gasteiger partial charge in [-0.1, -0.05) is 20.3 Å². The van der Waals surface area contributed by atoms with E-state index in [0.29, 0.717) is 17.5 Å². The predicted octanol–water partition coefficient (Wildman–Crippen LogP) is 2.27. The van der Waals surface area contributed by atoms with Crippen LogP contribution >= 0.6 is 0 Å². The van der Waals surface area contributed by atoms with Crippen molar-refractivity contribution in [2.24, 2.45) is 5.41 Å². The highest BCUT2D eigenvalue weighted by molar-refractivity contribution is 4.85. The number of hydrogen-bond acceptors (Lipinski definition) is 3. The maximum Gasteiger partial charge on any atom is 0.0620 e. The van der Waals surface area contributed by atoms with E-state index in [9.17, 15) is 0 Å². The molecule has 3 nitrogen and oxygen atoms in total. The summed E-state index contributed by atoms with van der Waals surface area (Å²) in [6, 6.07) is 1.25. The molecule has 0 aromatic carbocycles. The van der Waals surface area contributed by atoms with Crippen LogP contribution in [0.3, 0.4) is 0 Å². The molecule has 0 saturated carbocycles. The molecular weight excluding hydrogens is 224 g/mol. The van der Waals surface area contributed by atoms with Crippen molar-refractivity contribution in [2.75, 3.05) is 32.8 Å². The Balaban J connectivity index is 1.74. The third kappa shape index (κ3) is 3.69. The van der Waals surface area contributed by atoms with Crippen LogP contribution in [-0.4, -0.2) is 49.8 Å². The summed E-state index contributed by atoms with van der Waals surface area (Å²) < 4.78 is 5.54. The van der Waals surface area contributed by atoms with E-state index in [4.69, 9.17) is 4.74 Å². The Morgan fingerprint density at radius 1 is 1.39 bits per heavy atom. The first-order chi connectivity index (χ1) is 8.63. The lowest BCUT2D eigenvalue weighted by Crippen LogP contribution is -2.48. The van der Waals surface area contributed by atoms with Crippen LogP contribution in [-0.2, 0) is 4.74 Å². The number of ether oxygens (including phenoxy) is 1. The van der Waals surface area contributed by atoms with E-state index in [1.807, 2.05) is 0 Å². The highest BCUT2D eigenvalue weighted by atomic mass is 16.5. The SMILES string of the molecule is CCC1(C)CCN(C(C)CC2COCCN2)CC1. The zero-order chi connectivity index (χ0) is 13.0. The highest BCUT2D eigenvalue weighted by Gasteiger charge is 2.30.